The number of amides is 1. The van der Waals surface area contributed by atoms with Gasteiger partial charge in [-0.15, -0.1) is 0 Å². The van der Waals surface area contributed by atoms with Gasteiger partial charge >= 0.3 is 0 Å². The number of benzene rings is 1. The zero-order chi connectivity index (χ0) is 13.7. The maximum Gasteiger partial charge on any atom is 0.253 e. The molecule has 0 bridgehead atoms. The van der Waals surface area contributed by atoms with E-state index in [1.165, 1.54) is 0 Å². The Morgan fingerprint density at radius 1 is 1.47 bits per heavy atom. The van der Waals surface area contributed by atoms with Gasteiger partial charge in [0.25, 0.3) is 5.91 Å². The van der Waals surface area contributed by atoms with E-state index in [9.17, 15) is 4.79 Å². The van der Waals surface area contributed by atoms with Gasteiger partial charge in [-0.05, 0) is 44.4 Å². The highest BCUT2D eigenvalue weighted by Gasteiger charge is 2.17. The first-order valence-corrected chi connectivity index (χ1v) is 6.95. The van der Waals surface area contributed by atoms with E-state index < -0.39 is 0 Å². The molecular weight excluding hydrogens is 240 g/mol. The molecule has 1 saturated heterocycles. The van der Waals surface area contributed by atoms with E-state index >= 15 is 0 Å². The quantitative estimate of drug-likeness (QED) is 0.856. The van der Waals surface area contributed by atoms with Crippen LogP contribution < -0.4 is 10.6 Å². The Bertz CT molecular complexity index is 440. The zero-order valence-electron chi connectivity index (χ0n) is 11.7. The van der Waals surface area contributed by atoms with Crippen LogP contribution in [-0.2, 0) is 4.74 Å². The lowest BCUT2D eigenvalue weighted by atomic mass is 10.1. The molecule has 1 aromatic carbocycles. The highest BCUT2D eigenvalue weighted by atomic mass is 16.5. The third-order valence-electron chi connectivity index (χ3n) is 3.30. The molecule has 1 atom stereocenters. The summed E-state index contributed by atoms with van der Waals surface area (Å²) >= 11 is 0. The van der Waals surface area contributed by atoms with Gasteiger partial charge in [0.15, 0.2) is 0 Å². The van der Waals surface area contributed by atoms with Crippen molar-refractivity contribution in [1.82, 2.24) is 5.32 Å². The summed E-state index contributed by atoms with van der Waals surface area (Å²) in [6.07, 6.45) is 2.30. The van der Waals surface area contributed by atoms with E-state index in [0.29, 0.717) is 12.1 Å². The Kier molecular flexibility index (Phi) is 4.80. The maximum atomic E-state index is 12.2. The van der Waals surface area contributed by atoms with Crippen LogP contribution in [-0.4, -0.2) is 31.7 Å². The largest absolute Gasteiger partial charge is 0.385 e. The Hall–Kier alpha value is -1.55. The van der Waals surface area contributed by atoms with Gasteiger partial charge in [-0.25, -0.2) is 0 Å². The summed E-state index contributed by atoms with van der Waals surface area (Å²) in [7, 11) is 0. The van der Waals surface area contributed by atoms with Gasteiger partial charge in [-0.2, -0.15) is 0 Å². The molecule has 1 heterocycles. The van der Waals surface area contributed by atoms with Crippen LogP contribution in [0.4, 0.5) is 5.69 Å². The van der Waals surface area contributed by atoms with Crippen LogP contribution >= 0.6 is 0 Å². The van der Waals surface area contributed by atoms with Crippen LogP contribution in [0.5, 0.6) is 0 Å². The average Bonchev–Trinajstić information content (AvgIpc) is 2.90. The Morgan fingerprint density at radius 3 is 3.00 bits per heavy atom. The summed E-state index contributed by atoms with van der Waals surface area (Å²) in [6.45, 7) is 6.26. The molecule has 1 fully saturated rings. The Morgan fingerprint density at radius 2 is 2.32 bits per heavy atom. The van der Waals surface area contributed by atoms with Gasteiger partial charge in [0, 0.05) is 25.4 Å². The van der Waals surface area contributed by atoms with Crippen molar-refractivity contribution in [3.63, 3.8) is 0 Å². The van der Waals surface area contributed by atoms with Gasteiger partial charge < -0.3 is 15.4 Å². The molecule has 2 N–H and O–H groups in total. The highest BCUT2D eigenvalue weighted by Crippen LogP contribution is 2.18. The van der Waals surface area contributed by atoms with E-state index in [4.69, 9.17) is 4.74 Å². The van der Waals surface area contributed by atoms with Crippen molar-refractivity contribution in [2.24, 2.45) is 0 Å². The van der Waals surface area contributed by atoms with Gasteiger partial charge in [-0.3, -0.25) is 4.79 Å². The molecule has 1 aliphatic heterocycles. The number of nitrogens with one attached hydrogen (secondary N) is 2. The number of carbonyl (C=O) groups is 1. The molecular formula is C15H22N2O2. The van der Waals surface area contributed by atoms with E-state index in [1.54, 1.807) is 0 Å². The molecule has 2 rings (SSSR count). The third-order valence-corrected chi connectivity index (χ3v) is 3.30. The second kappa shape index (κ2) is 6.57. The lowest BCUT2D eigenvalue weighted by Crippen LogP contribution is -2.32. The van der Waals surface area contributed by atoms with Crippen LogP contribution in [0.15, 0.2) is 18.2 Å². The van der Waals surface area contributed by atoms with E-state index in [1.807, 2.05) is 32.0 Å². The number of ether oxygens (including phenoxy) is 1. The summed E-state index contributed by atoms with van der Waals surface area (Å²) in [6, 6.07) is 5.84. The molecule has 4 heteroatoms. The lowest BCUT2D eigenvalue weighted by Gasteiger charge is -2.14. The standard InChI is InChI=1S/C15H22N2O2/c1-3-16-14-9-11(2)6-7-13(14)15(18)17-10-12-5-4-8-19-12/h6-7,9,12,16H,3-5,8,10H2,1-2H3,(H,17,18). The molecule has 1 aromatic rings. The van der Waals surface area contributed by atoms with Crippen molar-refractivity contribution < 1.29 is 9.53 Å². The van der Waals surface area contributed by atoms with Crippen molar-refractivity contribution >= 4 is 11.6 Å². The molecule has 0 saturated carbocycles. The predicted molar refractivity (Wildman–Crippen MR) is 76.6 cm³/mol. The van der Waals surface area contributed by atoms with E-state index in [2.05, 4.69) is 10.6 Å². The number of rotatable bonds is 5. The van der Waals surface area contributed by atoms with Crippen molar-refractivity contribution in [2.45, 2.75) is 32.8 Å². The van der Waals surface area contributed by atoms with Crippen LogP contribution in [0.3, 0.4) is 0 Å². The fourth-order valence-corrected chi connectivity index (χ4v) is 2.30. The Balaban J connectivity index is 2.00. The molecule has 1 unspecified atom stereocenters. The average molecular weight is 262 g/mol. The molecule has 1 aliphatic rings. The highest BCUT2D eigenvalue weighted by molar-refractivity contribution is 5.99. The fraction of sp³-hybridized carbons (Fsp3) is 0.533. The maximum absolute atomic E-state index is 12.2. The molecule has 0 radical (unpaired) electrons. The summed E-state index contributed by atoms with van der Waals surface area (Å²) in [5.41, 5.74) is 2.74. The van der Waals surface area contributed by atoms with Crippen molar-refractivity contribution in [2.75, 3.05) is 25.0 Å². The third kappa shape index (κ3) is 3.70. The molecule has 0 aromatic heterocycles. The van der Waals surface area contributed by atoms with Crippen LogP contribution in [0.1, 0.15) is 35.7 Å². The predicted octanol–water partition coefficient (Wildman–Crippen LogP) is 2.34. The first-order valence-electron chi connectivity index (χ1n) is 6.95. The zero-order valence-corrected chi connectivity index (χ0v) is 11.7. The first kappa shape index (κ1) is 13.9. The molecule has 19 heavy (non-hydrogen) atoms. The number of hydrogen-bond acceptors (Lipinski definition) is 3. The van der Waals surface area contributed by atoms with E-state index in [-0.39, 0.29) is 12.0 Å². The minimum Gasteiger partial charge on any atom is -0.385 e. The monoisotopic (exact) mass is 262 g/mol. The van der Waals surface area contributed by atoms with Crippen molar-refractivity contribution in [3.8, 4) is 0 Å². The summed E-state index contributed by atoms with van der Waals surface area (Å²) < 4.78 is 5.51. The number of hydrogen-bond donors (Lipinski definition) is 2. The molecule has 104 valence electrons. The second-order valence-corrected chi connectivity index (χ2v) is 4.92. The van der Waals surface area contributed by atoms with Crippen LogP contribution in [0, 0.1) is 6.92 Å². The smallest absolute Gasteiger partial charge is 0.253 e. The van der Waals surface area contributed by atoms with Crippen molar-refractivity contribution in [3.05, 3.63) is 29.3 Å². The van der Waals surface area contributed by atoms with Gasteiger partial charge in [0.05, 0.1) is 11.7 Å². The van der Waals surface area contributed by atoms with Crippen LogP contribution in [0.2, 0.25) is 0 Å². The molecule has 0 spiro atoms. The topological polar surface area (TPSA) is 50.4 Å². The lowest BCUT2D eigenvalue weighted by molar-refractivity contribution is 0.0858. The van der Waals surface area contributed by atoms with Gasteiger partial charge in [0.2, 0.25) is 0 Å². The van der Waals surface area contributed by atoms with Crippen LogP contribution in [0.25, 0.3) is 0 Å². The fourth-order valence-electron chi connectivity index (χ4n) is 2.30. The molecule has 4 nitrogen and oxygen atoms in total. The van der Waals surface area contributed by atoms with Crippen molar-refractivity contribution in [1.29, 1.82) is 0 Å². The summed E-state index contributed by atoms with van der Waals surface area (Å²) in [5.74, 6) is -0.0357. The summed E-state index contributed by atoms with van der Waals surface area (Å²) in [4.78, 5) is 12.2. The summed E-state index contributed by atoms with van der Waals surface area (Å²) in [5, 5.41) is 6.19. The second-order valence-electron chi connectivity index (χ2n) is 4.92. The number of carbonyl (C=O) groups excluding carboxylic acids is 1. The van der Waals surface area contributed by atoms with Gasteiger partial charge in [0.1, 0.15) is 0 Å². The minimum absolute atomic E-state index is 0.0357. The Labute approximate surface area is 114 Å². The molecule has 1 amide bonds. The SMILES string of the molecule is CCNc1cc(C)ccc1C(=O)NCC1CCCO1. The first-order chi connectivity index (χ1) is 9.20. The van der Waals surface area contributed by atoms with E-state index in [0.717, 1.165) is 37.2 Å². The normalized spacial score (nSPS) is 18.3. The number of aryl methyl sites for hydroxylation is 1. The minimum atomic E-state index is -0.0357. The van der Waals surface area contributed by atoms with Gasteiger partial charge in [-0.1, -0.05) is 6.07 Å². The number of anilines is 1. The molecule has 0 aliphatic carbocycles.